The summed E-state index contributed by atoms with van der Waals surface area (Å²) in [5, 5.41) is 0. The lowest BCUT2D eigenvalue weighted by Gasteiger charge is -2.15. The summed E-state index contributed by atoms with van der Waals surface area (Å²) in [6.07, 6.45) is 0.832. The molecule has 0 aliphatic carbocycles. The van der Waals surface area contributed by atoms with Gasteiger partial charge in [-0.25, -0.2) is 0 Å². The van der Waals surface area contributed by atoms with E-state index in [2.05, 4.69) is 0 Å². The molecule has 0 aromatic rings. The molecular formula is C12H25ClO5. The Hall–Kier alpha value is 0.0900. The molecule has 110 valence electrons. The van der Waals surface area contributed by atoms with Crippen LogP contribution in [0.5, 0.6) is 0 Å². The zero-order valence-corrected chi connectivity index (χ0v) is 12.1. The zero-order valence-electron chi connectivity index (χ0n) is 11.4. The number of ether oxygens (including phenoxy) is 5. The largest absolute Gasteiger partial charge is 0.376 e. The second-order valence-corrected chi connectivity index (χ2v) is 3.87. The third kappa shape index (κ3) is 12.5. The Labute approximate surface area is 115 Å². The number of alkyl halides is 1. The van der Waals surface area contributed by atoms with Crippen LogP contribution in [0.3, 0.4) is 0 Å². The summed E-state index contributed by atoms with van der Waals surface area (Å²) in [7, 11) is 0. The van der Waals surface area contributed by atoms with Crippen molar-refractivity contribution in [2.45, 2.75) is 26.4 Å². The summed E-state index contributed by atoms with van der Waals surface area (Å²) >= 11 is 5.75. The van der Waals surface area contributed by atoms with Gasteiger partial charge in [-0.3, -0.25) is 0 Å². The highest BCUT2D eigenvalue weighted by molar-refractivity contribution is 6.18. The molecule has 0 spiro atoms. The monoisotopic (exact) mass is 284 g/mol. The van der Waals surface area contributed by atoms with Crippen LogP contribution in [0.15, 0.2) is 0 Å². The Balaban J connectivity index is 3.27. The first-order valence-corrected chi connectivity index (χ1v) is 6.87. The molecule has 18 heavy (non-hydrogen) atoms. The molecule has 0 aromatic carbocycles. The Morgan fingerprint density at radius 3 is 2.28 bits per heavy atom. The zero-order chi connectivity index (χ0) is 13.5. The summed E-state index contributed by atoms with van der Waals surface area (Å²) < 4.78 is 26.2. The fraction of sp³-hybridized carbons (Fsp3) is 1.00. The minimum absolute atomic E-state index is 0.143. The van der Waals surface area contributed by atoms with Crippen molar-refractivity contribution >= 4 is 11.6 Å². The molecule has 6 heteroatoms. The predicted molar refractivity (Wildman–Crippen MR) is 70.0 cm³/mol. The van der Waals surface area contributed by atoms with Crippen LogP contribution in [0.25, 0.3) is 0 Å². The molecule has 0 N–H and O–H groups in total. The molecule has 0 aliphatic heterocycles. The maximum Gasteiger partial charge on any atom is 0.147 e. The molecule has 0 fully saturated rings. The standard InChI is InChI=1S/C12H25ClO5/c1-3-5-16-11-18-12(8-13)9-15-6-7-17-10-14-4-2/h12H,3-11H2,1-2H3. The van der Waals surface area contributed by atoms with E-state index in [9.17, 15) is 0 Å². The maximum absolute atomic E-state index is 5.75. The minimum atomic E-state index is -0.143. The van der Waals surface area contributed by atoms with Gasteiger partial charge in [0.1, 0.15) is 13.6 Å². The molecule has 0 aromatic heterocycles. The van der Waals surface area contributed by atoms with Gasteiger partial charge < -0.3 is 23.7 Å². The third-order valence-electron chi connectivity index (χ3n) is 1.95. The fourth-order valence-electron chi connectivity index (χ4n) is 1.02. The lowest BCUT2D eigenvalue weighted by atomic mass is 10.4. The molecule has 0 saturated carbocycles. The van der Waals surface area contributed by atoms with E-state index >= 15 is 0 Å². The van der Waals surface area contributed by atoms with Crippen molar-refractivity contribution in [2.24, 2.45) is 0 Å². The molecular weight excluding hydrogens is 260 g/mol. The second kappa shape index (κ2) is 15.1. The van der Waals surface area contributed by atoms with Crippen molar-refractivity contribution in [1.82, 2.24) is 0 Å². The van der Waals surface area contributed by atoms with Crippen molar-refractivity contribution < 1.29 is 23.7 Å². The van der Waals surface area contributed by atoms with Gasteiger partial charge in [-0.1, -0.05) is 6.92 Å². The Kier molecular flexibility index (Phi) is 15.2. The first kappa shape index (κ1) is 18.1. The van der Waals surface area contributed by atoms with Crippen molar-refractivity contribution in [3.8, 4) is 0 Å². The predicted octanol–water partition coefficient (Wildman–Crippen LogP) is 2.02. The van der Waals surface area contributed by atoms with Gasteiger partial charge in [-0.05, 0) is 13.3 Å². The Bertz CT molecular complexity index is 159. The number of halogens is 1. The van der Waals surface area contributed by atoms with Crippen molar-refractivity contribution in [1.29, 1.82) is 0 Å². The highest BCUT2D eigenvalue weighted by atomic mass is 35.5. The van der Waals surface area contributed by atoms with E-state index in [1.807, 2.05) is 13.8 Å². The lowest BCUT2D eigenvalue weighted by molar-refractivity contribution is -0.111. The van der Waals surface area contributed by atoms with E-state index < -0.39 is 0 Å². The molecule has 0 rings (SSSR count). The van der Waals surface area contributed by atoms with E-state index in [0.717, 1.165) is 6.42 Å². The van der Waals surface area contributed by atoms with Gasteiger partial charge in [-0.2, -0.15) is 0 Å². The van der Waals surface area contributed by atoms with E-state index in [1.54, 1.807) is 0 Å². The molecule has 0 amide bonds. The van der Waals surface area contributed by atoms with Gasteiger partial charge in [0.2, 0.25) is 0 Å². The van der Waals surface area contributed by atoms with Gasteiger partial charge in [0.05, 0.1) is 31.8 Å². The maximum atomic E-state index is 5.75. The van der Waals surface area contributed by atoms with E-state index in [1.165, 1.54) is 0 Å². The van der Waals surface area contributed by atoms with Gasteiger partial charge in [-0.15, -0.1) is 11.6 Å². The Morgan fingerprint density at radius 2 is 1.61 bits per heavy atom. The lowest BCUT2D eigenvalue weighted by Crippen LogP contribution is -2.24. The molecule has 5 nitrogen and oxygen atoms in total. The third-order valence-corrected chi connectivity index (χ3v) is 2.30. The number of rotatable bonds is 14. The molecule has 0 saturated heterocycles. The van der Waals surface area contributed by atoms with Crippen LogP contribution < -0.4 is 0 Å². The minimum Gasteiger partial charge on any atom is -0.376 e. The van der Waals surface area contributed by atoms with Crippen LogP contribution in [0.1, 0.15) is 20.3 Å². The van der Waals surface area contributed by atoms with Crippen LogP contribution in [-0.4, -0.2) is 58.6 Å². The van der Waals surface area contributed by atoms with Crippen LogP contribution in [0, 0.1) is 0 Å². The Morgan fingerprint density at radius 1 is 0.889 bits per heavy atom. The molecule has 1 atom stereocenters. The van der Waals surface area contributed by atoms with Gasteiger partial charge in [0, 0.05) is 13.2 Å². The number of hydrogen-bond acceptors (Lipinski definition) is 5. The quantitative estimate of drug-likeness (QED) is 0.277. The first-order chi connectivity index (χ1) is 8.85. The van der Waals surface area contributed by atoms with E-state index in [4.69, 9.17) is 35.3 Å². The van der Waals surface area contributed by atoms with E-state index in [-0.39, 0.29) is 12.9 Å². The van der Waals surface area contributed by atoms with Crippen molar-refractivity contribution in [2.75, 3.05) is 52.5 Å². The second-order valence-electron chi connectivity index (χ2n) is 3.56. The smallest absolute Gasteiger partial charge is 0.147 e. The van der Waals surface area contributed by atoms with Crippen LogP contribution >= 0.6 is 11.6 Å². The van der Waals surface area contributed by atoms with Gasteiger partial charge >= 0.3 is 0 Å². The molecule has 0 aliphatic rings. The molecule has 0 bridgehead atoms. The average Bonchev–Trinajstić information content (AvgIpc) is 2.40. The summed E-state index contributed by atoms with van der Waals surface area (Å²) in [5.74, 6) is 0.384. The highest BCUT2D eigenvalue weighted by Gasteiger charge is 2.07. The fourth-order valence-corrected chi connectivity index (χ4v) is 1.20. The topological polar surface area (TPSA) is 46.2 Å². The summed E-state index contributed by atoms with van der Waals surface area (Å²) in [6.45, 7) is 7.32. The SMILES string of the molecule is CCCOCOC(CCl)COCCOCOCC. The van der Waals surface area contributed by atoms with Gasteiger partial charge in [0.25, 0.3) is 0 Å². The molecule has 1 unspecified atom stereocenters. The van der Waals surface area contributed by atoms with Crippen LogP contribution in [-0.2, 0) is 23.7 Å². The summed E-state index contributed by atoms with van der Waals surface area (Å²) in [5.41, 5.74) is 0. The van der Waals surface area contributed by atoms with Gasteiger partial charge in [0.15, 0.2) is 0 Å². The summed E-state index contributed by atoms with van der Waals surface area (Å²) in [6, 6.07) is 0. The van der Waals surface area contributed by atoms with Crippen molar-refractivity contribution in [3.05, 3.63) is 0 Å². The first-order valence-electron chi connectivity index (χ1n) is 6.33. The highest BCUT2D eigenvalue weighted by Crippen LogP contribution is 1.98. The number of hydrogen-bond donors (Lipinski definition) is 0. The average molecular weight is 285 g/mol. The molecule has 0 radical (unpaired) electrons. The van der Waals surface area contributed by atoms with Crippen LogP contribution in [0.2, 0.25) is 0 Å². The summed E-state index contributed by atoms with van der Waals surface area (Å²) in [4.78, 5) is 0. The molecule has 0 heterocycles. The van der Waals surface area contributed by atoms with Crippen LogP contribution in [0.4, 0.5) is 0 Å². The van der Waals surface area contributed by atoms with Crippen molar-refractivity contribution in [3.63, 3.8) is 0 Å². The van der Waals surface area contributed by atoms with E-state index in [0.29, 0.717) is 45.7 Å². The normalized spacial score (nSPS) is 12.8.